The van der Waals surface area contributed by atoms with Crippen LogP contribution in [0.4, 0.5) is 23.4 Å². The predicted octanol–water partition coefficient (Wildman–Crippen LogP) is 4.52. The maximum absolute atomic E-state index is 14.5. The van der Waals surface area contributed by atoms with Crippen LogP contribution < -0.4 is 5.73 Å². The number of rotatable bonds is 5. The van der Waals surface area contributed by atoms with Crippen LogP contribution in [0.25, 0.3) is 27.8 Å². The number of aryl methyl sites for hydroxylation is 1. The zero-order chi connectivity index (χ0) is 25.6. The number of anilines is 1. The Morgan fingerprint density at radius 2 is 1.81 bits per heavy atom. The van der Waals surface area contributed by atoms with Crippen LogP contribution in [0, 0.1) is 12.7 Å². The Morgan fingerprint density at radius 1 is 1.06 bits per heavy atom. The van der Waals surface area contributed by atoms with Gasteiger partial charge in [-0.2, -0.15) is 13.2 Å². The van der Waals surface area contributed by atoms with E-state index in [1.807, 2.05) is 6.92 Å². The van der Waals surface area contributed by atoms with Gasteiger partial charge in [0.25, 0.3) is 0 Å². The molecule has 9 nitrogen and oxygen atoms in total. The van der Waals surface area contributed by atoms with Crippen LogP contribution in [0.15, 0.2) is 49.3 Å². The summed E-state index contributed by atoms with van der Waals surface area (Å²) in [5.74, 6) is -1.53. The molecule has 1 atom stereocenters. The zero-order valence-electron chi connectivity index (χ0n) is 19.1. The van der Waals surface area contributed by atoms with Gasteiger partial charge in [-0.1, -0.05) is 18.2 Å². The monoisotopic (exact) mass is 497 g/mol. The molecule has 2 N–H and O–H groups in total. The molecule has 0 aliphatic heterocycles. The highest BCUT2D eigenvalue weighted by molar-refractivity contribution is 6.00. The van der Waals surface area contributed by atoms with Crippen molar-refractivity contribution in [1.29, 1.82) is 0 Å². The molecule has 36 heavy (non-hydrogen) atoms. The molecule has 0 radical (unpaired) electrons. The van der Waals surface area contributed by atoms with E-state index in [-0.39, 0.29) is 11.5 Å². The average Bonchev–Trinajstić information content (AvgIpc) is 3.46. The Kier molecular flexibility index (Phi) is 5.61. The molecule has 0 aliphatic rings. The Hall–Kier alpha value is -4.42. The van der Waals surface area contributed by atoms with Crippen LogP contribution in [-0.4, -0.2) is 39.5 Å². The van der Waals surface area contributed by atoms with E-state index in [0.29, 0.717) is 34.3 Å². The second-order valence-corrected chi connectivity index (χ2v) is 8.17. The first-order valence-corrected chi connectivity index (χ1v) is 10.9. The molecule has 5 aromatic rings. The molecule has 0 saturated heterocycles. The van der Waals surface area contributed by atoms with Crippen molar-refractivity contribution in [1.82, 2.24) is 39.5 Å². The van der Waals surface area contributed by atoms with Gasteiger partial charge in [-0.15, -0.1) is 5.10 Å². The molecule has 1 unspecified atom stereocenters. The summed E-state index contributed by atoms with van der Waals surface area (Å²) in [6.45, 7) is 3.71. The summed E-state index contributed by atoms with van der Waals surface area (Å²) >= 11 is 0. The molecule has 4 heterocycles. The zero-order valence-corrected chi connectivity index (χ0v) is 19.1. The fraction of sp³-hybridized carbons (Fsp3) is 0.217. The summed E-state index contributed by atoms with van der Waals surface area (Å²) in [6, 6.07) is 4.40. The van der Waals surface area contributed by atoms with Gasteiger partial charge in [-0.25, -0.2) is 29.0 Å². The highest BCUT2D eigenvalue weighted by Gasteiger charge is 2.34. The first-order valence-electron chi connectivity index (χ1n) is 10.9. The number of hydrogen-bond donors (Lipinski definition) is 1. The van der Waals surface area contributed by atoms with E-state index in [1.165, 1.54) is 17.1 Å². The number of fused-ring (bicyclic) bond motifs is 1. The van der Waals surface area contributed by atoms with Crippen molar-refractivity contribution in [3.8, 4) is 16.8 Å². The van der Waals surface area contributed by atoms with Gasteiger partial charge in [0.2, 0.25) is 5.82 Å². The summed E-state index contributed by atoms with van der Waals surface area (Å²) < 4.78 is 56.5. The van der Waals surface area contributed by atoms with Crippen molar-refractivity contribution in [2.75, 3.05) is 5.73 Å². The van der Waals surface area contributed by atoms with Gasteiger partial charge in [0, 0.05) is 29.7 Å². The van der Waals surface area contributed by atoms with E-state index >= 15 is 0 Å². The Bertz CT molecular complexity index is 1550. The van der Waals surface area contributed by atoms with Crippen molar-refractivity contribution in [2.24, 2.45) is 0 Å². The van der Waals surface area contributed by atoms with Crippen molar-refractivity contribution in [2.45, 2.75) is 32.5 Å². The Labute approximate surface area is 201 Å². The molecule has 0 spiro atoms. The number of aromatic nitrogens is 8. The van der Waals surface area contributed by atoms with Crippen molar-refractivity contribution < 1.29 is 17.6 Å². The van der Waals surface area contributed by atoms with Gasteiger partial charge in [0.05, 0.1) is 17.6 Å². The highest BCUT2D eigenvalue weighted by Crippen LogP contribution is 2.36. The van der Waals surface area contributed by atoms with Crippen LogP contribution >= 0.6 is 0 Å². The van der Waals surface area contributed by atoms with Crippen molar-refractivity contribution in [3.63, 3.8) is 0 Å². The van der Waals surface area contributed by atoms with Gasteiger partial charge in [0.15, 0.2) is 0 Å². The lowest BCUT2D eigenvalue weighted by molar-refractivity contribution is -0.144. The average molecular weight is 497 g/mol. The molecule has 0 amide bonds. The summed E-state index contributed by atoms with van der Waals surface area (Å²) in [5, 5.41) is 8.79. The minimum absolute atomic E-state index is 0.147. The Morgan fingerprint density at radius 3 is 2.47 bits per heavy atom. The highest BCUT2D eigenvalue weighted by atomic mass is 19.4. The van der Waals surface area contributed by atoms with Crippen molar-refractivity contribution in [3.05, 3.63) is 72.2 Å². The summed E-state index contributed by atoms with van der Waals surface area (Å²) in [6.07, 6.45) is 2.67. The van der Waals surface area contributed by atoms with E-state index in [2.05, 4.69) is 30.2 Å². The lowest BCUT2D eigenvalue weighted by Gasteiger charge is -2.15. The van der Waals surface area contributed by atoms with Gasteiger partial charge < -0.3 is 10.3 Å². The molecule has 13 heteroatoms. The van der Waals surface area contributed by atoms with E-state index in [0.717, 1.165) is 18.0 Å². The molecule has 1 aromatic carbocycles. The number of halogens is 4. The van der Waals surface area contributed by atoms with Crippen LogP contribution in [0.5, 0.6) is 0 Å². The molecule has 0 bridgehead atoms. The molecule has 5 rings (SSSR count). The number of nitrogens with two attached hydrogens (primary N) is 1. The maximum Gasteiger partial charge on any atom is 0.451 e. The van der Waals surface area contributed by atoms with E-state index < -0.39 is 23.9 Å². The third-order valence-corrected chi connectivity index (χ3v) is 5.78. The fourth-order valence-electron chi connectivity index (χ4n) is 4.07. The fourth-order valence-corrected chi connectivity index (χ4v) is 4.07. The quantitative estimate of drug-likeness (QED) is 0.355. The number of hydrogen-bond acceptors (Lipinski definition) is 7. The summed E-state index contributed by atoms with van der Waals surface area (Å²) in [5.41, 5.74) is 8.92. The lowest BCUT2D eigenvalue weighted by Crippen LogP contribution is -2.10. The van der Waals surface area contributed by atoms with Crippen LogP contribution in [-0.2, 0) is 6.18 Å². The van der Waals surface area contributed by atoms with Gasteiger partial charge >= 0.3 is 6.18 Å². The normalized spacial score (nSPS) is 12.8. The molecule has 0 saturated carbocycles. The van der Waals surface area contributed by atoms with E-state index in [9.17, 15) is 17.6 Å². The van der Waals surface area contributed by atoms with E-state index in [1.54, 1.807) is 36.0 Å². The lowest BCUT2D eigenvalue weighted by atomic mass is 10.1. The Balaban J connectivity index is 1.61. The van der Waals surface area contributed by atoms with Crippen molar-refractivity contribution >= 4 is 16.9 Å². The number of nitrogen functional groups attached to an aromatic ring is 1. The minimum Gasteiger partial charge on any atom is -0.383 e. The molecular weight excluding hydrogens is 478 g/mol. The number of nitrogens with zero attached hydrogens (tertiary/aromatic N) is 8. The first-order chi connectivity index (χ1) is 17.2. The largest absolute Gasteiger partial charge is 0.451 e. The summed E-state index contributed by atoms with van der Waals surface area (Å²) in [7, 11) is 0. The smallest absolute Gasteiger partial charge is 0.383 e. The summed E-state index contributed by atoms with van der Waals surface area (Å²) in [4.78, 5) is 15.3. The second kappa shape index (κ2) is 8.66. The predicted molar refractivity (Wildman–Crippen MR) is 122 cm³/mol. The van der Waals surface area contributed by atoms with Crippen LogP contribution in [0.2, 0.25) is 0 Å². The standard InChI is InChI=1S/C23H19F4N9/c1-3-17(16-10-36(34-33-16)18-5-4-12(2)6-15(18)24)35-9-14(19-20(28)31-11-32-21(19)35)13-7-29-22(30-8-13)23(25,26)27/h4-11,17H,3H2,1-2H3,(H2,28,31,32). The molecule has 0 aliphatic carbocycles. The molecule has 4 aromatic heterocycles. The van der Waals surface area contributed by atoms with E-state index in [4.69, 9.17) is 5.73 Å². The maximum atomic E-state index is 14.5. The van der Waals surface area contributed by atoms with Gasteiger partial charge in [-0.3, -0.25) is 0 Å². The van der Waals surface area contributed by atoms with Crippen LogP contribution in [0.1, 0.15) is 36.5 Å². The molecular formula is C23H19F4N9. The first kappa shape index (κ1) is 23.3. The number of alkyl halides is 3. The second-order valence-electron chi connectivity index (χ2n) is 8.17. The SMILES string of the molecule is CCC(c1cn(-c2ccc(C)cc2F)nn1)n1cc(-c2cnc(C(F)(F)F)nc2)c2c(N)ncnc21. The van der Waals surface area contributed by atoms with Crippen LogP contribution in [0.3, 0.4) is 0 Å². The minimum atomic E-state index is -4.66. The third kappa shape index (κ3) is 4.01. The number of benzene rings is 1. The van der Waals surface area contributed by atoms with Gasteiger partial charge in [-0.05, 0) is 31.0 Å². The third-order valence-electron chi connectivity index (χ3n) is 5.78. The molecule has 0 fully saturated rings. The van der Waals surface area contributed by atoms with Gasteiger partial charge in [0.1, 0.15) is 35.0 Å². The molecule has 184 valence electrons. The topological polar surface area (TPSA) is 113 Å².